The van der Waals surface area contributed by atoms with Crippen molar-refractivity contribution >= 4 is 47.1 Å². The van der Waals surface area contributed by atoms with Crippen LogP contribution in [-0.4, -0.2) is 37.0 Å². The number of rotatable bonds is 9. The van der Waals surface area contributed by atoms with Gasteiger partial charge in [-0.25, -0.2) is 5.43 Å². The standard InChI is InChI=1S/C29H24ClN5O5/c1-34(2)21-12-10-19(11-13-21)16-26(32-28(36)24-8-3-4-9-25(24)30)29(37)33-31-18-23-14-15-27(40-23)20-6-5-7-22(17-20)35(38)39/h3-18H,1-2H3,(H,32,36)(H,33,37)/b26-16+,31-18-. The van der Waals surface area contributed by atoms with Gasteiger partial charge in [0, 0.05) is 37.5 Å². The predicted molar refractivity (Wildman–Crippen MR) is 154 cm³/mol. The van der Waals surface area contributed by atoms with Crippen LogP contribution in [-0.2, 0) is 4.79 Å². The molecule has 0 radical (unpaired) electrons. The molecule has 0 bridgehead atoms. The van der Waals surface area contributed by atoms with Crippen LogP contribution in [0.4, 0.5) is 11.4 Å². The number of nitrogens with one attached hydrogen (secondary N) is 2. The fourth-order valence-corrected chi connectivity index (χ4v) is 3.82. The number of hydrogen-bond donors (Lipinski definition) is 2. The van der Waals surface area contributed by atoms with Gasteiger partial charge in [-0.3, -0.25) is 19.7 Å². The highest BCUT2D eigenvalue weighted by atomic mass is 35.5. The van der Waals surface area contributed by atoms with Crippen LogP contribution in [0.3, 0.4) is 0 Å². The SMILES string of the molecule is CN(C)c1ccc(/C=C(/NC(=O)c2ccccc2Cl)C(=O)N/N=C\c2ccc(-c3cccc([N+](=O)[O-])c3)o2)cc1. The van der Waals surface area contributed by atoms with E-state index in [0.29, 0.717) is 22.6 Å². The van der Waals surface area contributed by atoms with Crippen molar-refractivity contribution < 1.29 is 18.9 Å². The maximum Gasteiger partial charge on any atom is 0.287 e. The van der Waals surface area contributed by atoms with Crippen LogP contribution in [0.25, 0.3) is 17.4 Å². The number of carbonyl (C=O) groups is 2. The van der Waals surface area contributed by atoms with Crippen LogP contribution in [0, 0.1) is 10.1 Å². The number of furan rings is 1. The summed E-state index contributed by atoms with van der Waals surface area (Å²) < 4.78 is 5.68. The lowest BCUT2D eigenvalue weighted by atomic mass is 10.1. The van der Waals surface area contributed by atoms with Gasteiger partial charge in [-0.15, -0.1) is 0 Å². The molecule has 1 heterocycles. The second-order valence-corrected chi connectivity index (χ2v) is 9.09. The molecule has 0 saturated heterocycles. The van der Waals surface area contributed by atoms with Gasteiger partial charge in [-0.05, 0) is 48.0 Å². The number of anilines is 1. The van der Waals surface area contributed by atoms with Crippen molar-refractivity contribution in [2.45, 2.75) is 0 Å². The third kappa shape index (κ3) is 7.00. The zero-order valence-electron chi connectivity index (χ0n) is 21.5. The smallest absolute Gasteiger partial charge is 0.287 e. The molecule has 0 fully saturated rings. The predicted octanol–water partition coefficient (Wildman–Crippen LogP) is 5.50. The van der Waals surface area contributed by atoms with Gasteiger partial charge in [0.1, 0.15) is 17.2 Å². The van der Waals surface area contributed by atoms with Crippen LogP contribution in [0.5, 0.6) is 0 Å². The number of nitro groups is 1. The first-order valence-electron chi connectivity index (χ1n) is 11.9. The molecular formula is C29H24ClN5O5. The van der Waals surface area contributed by atoms with Crippen molar-refractivity contribution in [3.63, 3.8) is 0 Å². The summed E-state index contributed by atoms with van der Waals surface area (Å²) in [5.41, 5.74) is 4.63. The normalized spacial score (nSPS) is 11.3. The lowest BCUT2D eigenvalue weighted by molar-refractivity contribution is -0.384. The maximum absolute atomic E-state index is 13.0. The number of carbonyl (C=O) groups excluding carboxylic acids is 2. The van der Waals surface area contributed by atoms with Gasteiger partial charge >= 0.3 is 0 Å². The van der Waals surface area contributed by atoms with Crippen molar-refractivity contribution in [2.75, 3.05) is 19.0 Å². The molecule has 202 valence electrons. The zero-order chi connectivity index (χ0) is 28.6. The van der Waals surface area contributed by atoms with Crippen molar-refractivity contribution in [1.29, 1.82) is 0 Å². The zero-order valence-corrected chi connectivity index (χ0v) is 22.3. The summed E-state index contributed by atoms with van der Waals surface area (Å²) in [6, 6.07) is 23.1. The van der Waals surface area contributed by atoms with Crippen molar-refractivity contribution in [1.82, 2.24) is 10.7 Å². The Hall–Kier alpha value is -5.22. The summed E-state index contributed by atoms with van der Waals surface area (Å²) in [5, 5.41) is 17.8. The Balaban J connectivity index is 1.52. The van der Waals surface area contributed by atoms with E-state index in [9.17, 15) is 19.7 Å². The highest BCUT2D eigenvalue weighted by Crippen LogP contribution is 2.25. The van der Waals surface area contributed by atoms with Gasteiger partial charge in [0.15, 0.2) is 0 Å². The number of halogens is 1. The summed E-state index contributed by atoms with van der Waals surface area (Å²) in [4.78, 5) is 38.4. The van der Waals surface area contributed by atoms with Gasteiger partial charge in [-0.2, -0.15) is 5.10 Å². The van der Waals surface area contributed by atoms with Gasteiger partial charge in [0.05, 0.1) is 21.7 Å². The van der Waals surface area contributed by atoms with Crippen LogP contribution < -0.4 is 15.6 Å². The molecule has 2 N–H and O–H groups in total. The molecule has 4 aromatic rings. The van der Waals surface area contributed by atoms with Gasteiger partial charge in [-0.1, -0.05) is 48.0 Å². The molecule has 0 unspecified atom stereocenters. The first kappa shape index (κ1) is 27.8. The number of benzene rings is 3. The highest BCUT2D eigenvalue weighted by molar-refractivity contribution is 6.34. The molecule has 0 aliphatic rings. The minimum atomic E-state index is -0.682. The number of hydrogen-bond acceptors (Lipinski definition) is 7. The lowest BCUT2D eigenvalue weighted by Gasteiger charge is -2.13. The van der Waals surface area contributed by atoms with E-state index < -0.39 is 16.7 Å². The minimum absolute atomic E-state index is 0.0589. The molecule has 11 heteroatoms. The van der Waals surface area contributed by atoms with E-state index in [4.69, 9.17) is 16.0 Å². The average molecular weight is 558 g/mol. The second-order valence-electron chi connectivity index (χ2n) is 8.69. The van der Waals surface area contributed by atoms with Gasteiger partial charge in [0.2, 0.25) is 0 Å². The molecule has 1 aromatic heterocycles. The van der Waals surface area contributed by atoms with E-state index in [0.717, 1.165) is 5.69 Å². The summed E-state index contributed by atoms with van der Waals surface area (Å²) in [6.45, 7) is 0. The summed E-state index contributed by atoms with van der Waals surface area (Å²) in [6.07, 6.45) is 2.80. The quantitative estimate of drug-likeness (QED) is 0.121. The Kier molecular flexibility index (Phi) is 8.72. The Bertz CT molecular complexity index is 1610. The summed E-state index contributed by atoms with van der Waals surface area (Å²) in [7, 11) is 3.83. The molecule has 10 nitrogen and oxygen atoms in total. The van der Waals surface area contributed by atoms with E-state index >= 15 is 0 Å². The molecule has 0 atom stereocenters. The second kappa shape index (κ2) is 12.5. The van der Waals surface area contributed by atoms with Crippen molar-refractivity contribution in [2.24, 2.45) is 5.10 Å². The summed E-state index contributed by atoms with van der Waals surface area (Å²) >= 11 is 6.16. The molecule has 3 aromatic carbocycles. The topological polar surface area (TPSA) is 130 Å². The first-order chi connectivity index (χ1) is 19.2. The maximum atomic E-state index is 13.0. The summed E-state index contributed by atoms with van der Waals surface area (Å²) in [5.74, 6) is -0.552. The number of nitro benzene ring substituents is 1. The Labute approximate surface area is 234 Å². The molecule has 2 amide bonds. The molecule has 0 saturated carbocycles. The monoisotopic (exact) mass is 557 g/mol. The van der Waals surface area contributed by atoms with Crippen LogP contribution in [0.15, 0.2) is 100 Å². The Morgan fingerprint density at radius 3 is 2.45 bits per heavy atom. The number of amides is 2. The molecule has 0 spiro atoms. The van der Waals surface area contributed by atoms with Crippen LogP contribution in [0.2, 0.25) is 5.02 Å². The minimum Gasteiger partial charge on any atom is -0.455 e. The lowest BCUT2D eigenvalue weighted by Crippen LogP contribution is -2.33. The van der Waals surface area contributed by atoms with E-state index in [1.54, 1.807) is 48.5 Å². The number of nitrogens with zero attached hydrogens (tertiary/aromatic N) is 3. The fourth-order valence-electron chi connectivity index (χ4n) is 3.59. The number of non-ortho nitro benzene ring substituents is 1. The Morgan fingerprint density at radius 1 is 1.00 bits per heavy atom. The van der Waals surface area contributed by atoms with Crippen molar-refractivity contribution in [3.8, 4) is 11.3 Å². The van der Waals surface area contributed by atoms with Crippen LogP contribution >= 0.6 is 11.6 Å². The van der Waals surface area contributed by atoms with Gasteiger partial charge < -0.3 is 14.6 Å². The van der Waals surface area contributed by atoms with Crippen molar-refractivity contribution in [3.05, 3.63) is 123 Å². The van der Waals surface area contributed by atoms with E-state index in [1.165, 1.54) is 24.4 Å². The van der Waals surface area contributed by atoms with E-state index in [2.05, 4.69) is 15.8 Å². The third-order valence-electron chi connectivity index (χ3n) is 5.66. The van der Waals surface area contributed by atoms with E-state index in [1.807, 2.05) is 43.3 Å². The highest BCUT2D eigenvalue weighted by Gasteiger charge is 2.17. The Morgan fingerprint density at radius 2 is 1.75 bits per heavy atom. The first-order valence-corrected chi connectivity index (χ1v) is 12.3. The number of hydrazone groups is 1. The molecule has 4 rings (SSSR count). The van der Waals surface area contributed by atoms with Gasteiger partial charge in [0.25, 0.3) is 17.5 Å². The average Bonchev–Trinajstić information content (AvgIpc) is 3.42. The third-order valence-corrected chi connectivity index (χ3v) is 5.99. The molecule has 0 aliphatic heterocycles. The van der Waals surface area contributed by atoms with Crippen LogP contribution in [0.1, 0.15) is 21.7 Å². The fraction of sp³-hybridized carbons (Fsp3) is 0.0690. The van der Waals surface area contributed by atoms with E-state index in [-0.39, 0.29) is 22.0 Å². The molecule has 0 aliphatic carbocycles. The largest absolute Gasteiger partial charge is 0.455 e. The molecular weight excluding hydrogens is 534 g/mol. The molecule has 40 heavy (non-hydrogen) atoms.